The van der Waals surface area contributed by atoms with Crippen LogP contribution in [0.15, 0.2) is 33.7 Å². The maximum atomic E-state index is 12.7. The zero-order valence-electron chi connectivity index (χ0n) is 15.6. The van der Waals surface area contributed by atoms with Crippen molar-refractivity contribution in [3.63, 3.8) is 0 Å². The Morgan fingerprint density at radius 1 is 1.29 bits per heavy atom. The third kappa shape index (κ3) is 5.09. The van der Waals surface area contributed by atoms with Crippen molar-refractivity contribution in [2.75, 3.05) is 19.6 Å². The first-order valence-electron chi connectivity index (χ1n) is 9.19. The van der Waals surface area contributed by atoms with Crippen molar-refractivity contribution >= 4 is 27.5 Å². The molecule has 1 aliphatic heterocycles. The monoisotopic (exact) mass is 426 g/mol. The van der Waals surface area contributed by atoms with E-state index in [1.165, 1.54) is 16.4 Å². The number of halogens is 1. The maximum Gasteiger partial charge on any atom is 0.243 e. The van der Waals surface area contributed by atoms with Gasteiger partial charge in [-0.05, 0) is 50.5 Å². The number of rotatable bonds is 7. The van der Waals surface area contributed by atoms with Crippen LogP contribution in [0.25, 0.3) is 0 Å². The minimum atomic E-state index is -3.56. The van der Waals surface area contributed by atoms with E-state index < -0.39 is 10.0 Å². The zero-order valence-corrected chi connectivity index (χ0v) is 17.2. The van der Waals surface area contributed by atoms with E-state index in [9.17, 15) is 13.2 Å². The Hall–Kier alpha value is -1.97. The summed E-state index contributed by atoms with van der Waals surface area (Å²) in [6, 6.07) is 6.12. The molecule has 1 aliphatic rings. The molecule has 1 amide bonds. The van der Waals surface area contributed by atoms with Gasteiger partial charge in [-0.1, -0.05) is 16.8 Å². The highest BCUT2D eigenvalue weighted by Gasteiger charge is 2.31. The average Bonchev–Trinajstić information content (AvgIpc) is 3.10. The highest BCUT2D eigenvalue weighted by molar-refractivity contribution is 7.89. The second-order valence-corrected chi connectivity index (χ2v) is 9.14. The van der Waals surface area contributed by atoms with E-state index in [0.29, 0.717) is 62.1 Å². The van der Waals surface area contributed by atoms with Crippen LogP contribution < -0.4 is 5.32 Å². The Kier molecular flexibility index (Phi) is 6.69. The van der Waals surface area contributed by atoms with Crippen molar-refractivity contribution in [3.05, 3.63) is 41.0 Å². The lowest BCUT2D eigenvalue weighted by atomic mass is 9.97. The number of nitrogens with zero attached hydrogens (tertiary/aromatic N) is 3. The van der Waals surface area contributed by atoms with Crippen LogP contribution in [0, 0.1) is 12.8 Å². The van der Waals surface area contributed by atoms with Crippen molar-refractivity contribution in [2.24, 2.45) is 5.92 Å². The van der Waals surface area contributed by atoms with Crippen LogP contribution in [-0.2, 0) is 21.2 Å². The van der Waals surface area contributed by atoms with Gasteiger partial charge >= 0.3 is 0 Å². The molecule has 0 spiro atoms. The number of aryl methyl sites for hydroxylation is 2. The molecule has 3 rings (SSSR count). The Morgan fingerprint density at radius 3 is 2.57 bits per heavy atom. The minimum absolute atomic E-state index is 0.0368. The lowest BCUT2D eigenvalue weighted by Crippen LogP contribution is -2.43. The normalized spacial score (nSPS) is 16.2. The predicted molar refractivity (Wildman–Crippen MR) is 103 cm³/mol. The van der Waals surface area contributed by atoms with Gasteiger partial charge in [-0.3, -0.25) is 4.79 Å². The molecular weight excluding hydrogens is 404 g/mol. The Bertz CT molecular complexity index is 906. The van der Waals surface area contributed by atoms with E-state index in [0.717, 1.165) is 0 Å². The first-order valence-corrected chi connectivity index (χ1v) is 11.0. The van der Waals surface area contributed by atoms with Gasteiger partial charge in [0.05, 0.1) is 4.90 Å². The van der Waals surface area contributed by atoms with E-state index in [2.05, 4.69) is 15.5 Å². The van der Waals surface area contributed by atoms with Gasteiger partial charge in [0, 0.05) is 37.0 Å². The fourth-order valence-electron chi connectivity index (χ4n) is 3.15. The largest absolute Gasteiger partial charge is 0.356 e. The molecule has 0 saturated carbocycles. The van der Waals surface area contributed by atoms with Crippen molar-refractivity contribution in [2.45, 2.75) is 37.5 Å². The molecular formula is C18H23ClN4O4S. The lowest BCUT2D eigenvalue weighted by molar-refractivity contribution is -0.126. The number of nitrogens with one attached hydrogen (secondary N) is 1. The molecule has 0 radical (unpaired) electrons. The number of benzene rings is 1. The molecule has 1 aromatic heterocycles. The first kappa shape index (κ1) is 20.8. The van der Waals surface area contributed by atoms with Crippen molar-refractivity contribution in [1.29, 1.82) is 0 Å². The fraction of sp³-hybridized carbons (Fsp3) is 0.500. The number of piperidine rings is 1. The van der Waals surface area contributed by atoms with Crippen LogP contribution >= 0.6 is 11.6 Å². The smallest absolute Gasteiger partial charge is 0.243 e. The van der Waals surface area contributed by atoms with Gasteiger partial charge in [0.15, 0.2) is 5.82 Å². The molecule has 2 heterocycles. The Labute approximate surface area is 169 Å². The molecule has 0 bridgehead atoms. The van der Waals surface area contributed by atoms with Crippen LogP contribution in [-0.4, -0.2) is 48.4 Å². The second kappa shape index (κ2) is 9.02. The summed E-state index contributed by atoms with van der Waals surface area (Å²) in [4.78, 5) is 16.7. The molecule has 2 aromatic rings. The van der Waals surface area contributed by atoms with Crippen molar-refractivity contribution < 1.29 is 17.7 Å². The number of carbonyl (C=O) groups excluding carboxylic acids is 1. The second-order valence-electron chi connectivity index (χ2n) is 6.76. The quantitative estimate of drug-likeness (QED) is 0.680. The molecule has 0 atom stereocenters. The first-order chi connectivity index (χ1) is 13.4. The summed E-state index contributed by atoms with van der Waals surface area (Å²) in [7, 11) is -3.56. The minimum Gasteiger partial charge on any atom is -0.356 e. The van der Waals surface area contributed by atoms with E-state index in [1.807, 2.05) is 0 Å². The van der Waals surface area contributed by atoms with Gasteiger partial charge in [0.1, 0.15) is 0 Å². The van der Waals surface area contributed by atoms with Crippen LogP contribution in [0.4, 0.5) is 0 Å². The van der Waals surface area contributed by atoms with E-state index >= 15 is 0 Å². The molecule has 28 heavy (non-hydrogen) atoms. The van der Waals surface area contributed by atoms with Crippen molar-refractivity contribution in [3.8, 4) is 0 Å². The lowest BCUT2D eigenvalue weighted by Gasteiger charge is -2.30. The van der Waals surface area contributed by atoms with Gasteiger partial charge in [0.2, 0.25) is 21.8 Å². The molecule has 1 saturated heterocycles. The predicted octanol–water partition coefficient (Wildman–Crippen LogP) is 2.18. The summed E-state index contributed by atoms with van der Waals surface area (Å²) < 4.78 is 31.8. The highest BCUT2D eigenvalue weighted by atomic mass is 35.5. The number of sulfonamides is 1. The molecule has 10 heteroatoms. The van der Waals surface area contributed by atoms with Crippen LogP contribution in [0.1, 0.15) is 31.0 Å². The summed E-state index contributed by atoms with van der Waals surface area (Å²) in [5, 5.41) is 7.12. The maximum absolute atomic E-state index is 12.7. The van der Waals surface area contributed by atoms with E-state index in [-0.39, 0.29) is 16.7 Å². The van der Waals surface area contributed by atoms with Gasteiger partial charge in [-0.15, -0.1) is 0 Å². The molecule has 0 unspecified atom stereocenters. The SMILES string of the molecule is Cc1noc(CCCNC(=O)C2CCN(S(=O)(=O)c3ccc(Cl)cc3)CC2)n1. The number of aromatic nitrogens is 2. The van der Waals surface area contributed by atoms with E-state index in [4.69, 9.17) is 16.1 Å². The summed E-state index contributed by atoms with van der Waals surface area (Å²) in [6.45, 7) is 2.92. The summed E-state index contributed by atoms with van der Waals surface area (Å²) >= 11 is 5.82. The van der Waals surface area contributed by atoms with Crippen LogP contribution in [0.2, 0.25) is 5.02 Å². The third-order valence-electron chi connectivity index (χ3n) is 4.71. The van der Waals surface area contributed by atoms with Crippen LogP contribution in [0.5, 0.6) is 0 Å². The summed E-state index contributed by atoms with van der Waals surface area (Å²) in [5.74, 6) is 0.944. The molecule has 1 N–H and O–H groups in total. The van der Waals surface area contributed by atoms with Gasteiger partial charge in [-0.2, -0.15) is 9.29 Å². The molecule has 0 aliphatic carbocycles. The standard InChI is InChI=1S/C18H23ClN4O4S/c1-13-21-17(27-22-13)3-2-10-20-18(24)14-8-11-23(12-9-14)28(25,26)16-6-4-15(19)5-7-16/h4-7,14H,2-3,8-12H2,1H3,(H,20,24). The number of hydrogen-bond acceptors (Lipinski definition) is 6. The molecule has 152 valence electrons. The summed E-state index contributed by atoms with van der Waals surface area (Å²) in [5.41, 5.74) is 0. The number of amides is 1. The van der Waals surface area contributed by atoms with Gasteiger partial charge in [-0.25, -0.2) is 8.42 Å². The Morgan fingerprint density at radius 2 is 1.96 bits per heavy atom. The van der Waals surface area contributed by atoms with Gasteiger partial charge < -0.3 is 9.84 Å². The molecule has 1 aromatic carbocycles. The Balaban J connectivity index is 1.44. The highest BCUT2D eigenvalue weighted by Crippen LogP contribution is 2.24. The zero-order chi connectivity index (χ0) is 20.1. The summed E-state index contributed by atoms with van der Waals surface area (Å²) in [6.07, 6.45) is 2.32. The van der Waals surface area contributed by atoms with Gasteiger partial charge in [0.25, 0.3) is 0 Å². The van der Waals surface area contributed by atoms with E-state index in [1.54, 1.807) is 19.1 Å². The number of hydrogen-bond donors (Lipinski definition) is 1. The molecule has 1 fully saturated rings. The number of carbonyl (C=O) groups is 1. The van der Waals surface area contributed by atoms with Crippen LogP contribution in [0.3, 0.4) is 0 Å². The fourth-order valence-corrected chi connectivity index (χ4v) is 4.75. The third-order valence-corrected chi connectivity index (χ3v) is 6.88. The van der Waals surface area contributed by atoms with Crippen molar-refractivity contribution in [1.82, 2.24) is 19.8 Å². The topological polar surface area (TPSA) is 105 Å². The molecule has 8 nitrogen and oxygen atoms in total. The average molecular weight is 427 g/mol.